The van der Waals surface area contributed by atoms with Crippen molar-refractivity contribution in [3.05, 3.63) is 34.9 Å². The van der Waals surface area contributed by atoms with Crippen LogP contribution >= 0.6 is 0 Å². The van der Waals surface area contributed by atoms with Crippen LogP contribution in [0.15, 0.2) is 18.2 Å². The number of nitrogens with zero attached hydrogens (tertiary/aromatic N) is 1. The van der Waals surface area contributed by atoms with Crippen LogP contribution in [0.4, 0.5) is 0 Å². The van der Waals surface area contributed by atoms with Crippen molar-refractivity contribution in [3.8, 4) is 0 Å². The number of carbonyl (C=O) groups is 2. The second-order valence-corrected chi connectivity index (χ2v) is 6.02. The average molecular weight is 272 g/mol. The van der Waals surface area contributed by atoms with Gasteiger partial charge in [-0.3, -0.25) is 9.59 Å². The van der Waals surface area contributed by atoms with Gasteiger partial charge in [-0.15, -0.1) is 0 Å². The van der Waals surface area contributed by atoms with E-state index >= 15 is 0 Å². The van der Waals surface area contributed by atoms with E-state index in [1.54, 1.807) is 4.90 Å². The lowest BCUT2D eigenvalue weighted by atomic mass is 10.0. The third-order valence-corrected chi connectivity index (χ3v) is 4.04. The molecule has 0 bridgehead atoms. The normalized spacial score (nSPS) is 22.9. The van der Waals surface area contributed by atoms with E-state index in [1.165, 1.54) is 11.1 Å². The first-order chi connectivity index (χ1) is 9.54. The van der Waals surface area contributed by atoms with Gasteiger partial charge in [0.05, 0.1) is 6.54 Å². The number of aryl methyl sites for hydroxylation is 2. The average Bonchev–Trinajstić information content (AvgIpc) is 3.17. The molecule has 0 aromatic heterocycles. The summed E-state index contributed by atoms with van der Waals surface area (Å²) in [5.41, 5.74) is 3.49. The van der Waals surface area contributed by atoms with Crippen molar-refractivity contribution < 1.29 is 9.59 Å². The van der Waals surface area contributed by atoms with Gasteiger partial charge in [0, 0.05) is 6.54 Å². The Hall–Kier alpha value is -1.84. The third kappa shape index (κ3) is 2.55. The summed E-state index contributed by atoms with van der Waals surface area (Å²) in [6.07, 6.45) is 2.10. The molecule has 2 amide bonds. The third-order valence-electron chi connectivity index (χ3n) is 4.04. The van der Waals surface area contributed by atoms with E-state index in [9.17, 15) is 9.59 Å². The summed E-state index contributed by atoms with van der Waals surface area (Å²) in [6, 6.07) is 6.04. The van der Waals surface area contributed by atoms with E-state index in [2.05, 4.69) is 37.4 Å². The SMILES string of the molecule is Cc1cc(C)cc(CN2C(=O)CNC(=O)C2C2CC2)c1. The van der Waals surface area contributed by atoms with Gasteiger partial charge < -0.3 is 10.2 Å². The fourth-order valence-electron chi connectivity index (χ4n) is 3.09. The van der Waals surface area contributed by atoms with Crippen LogP contribution in [0.2, 0.25) is 0 Å². The molecule has 4 nitrogen and oxygen atoms in total. The second kappa shape index (κ2) is 4.93. The summed E-state index contributed by atoms with van der Waals surface area (Å²) in [5.74, 6) is 0.391. The summed E-state index contributed by atoms with van der Waals surface area (Å²) < 4.78 is 0. The van der Waals surface area contributed by atoms with E-state index in [4.69, 9.17) is 0 Å². The molecule has 20 heavy (non-hydrogen) atoms. The van der Waals surface area contributed by atoms with E-state index in [-0.39, 0.29) is 24.4 Å². The van der Waals surface area contributed by atoms with Crippen molar-refractivity contribution in [2.45, 2.75) is 39.3 Å². The van der Waals surface area contributed by atoms with Crippen LogP contribution in [0.25, 0.3) is 0 Å². The highest BCUT2D eigenvalue weighted by molar-refractivity contribution is 5.95. The Morgan fingerprint density at radius 3 is 2.40 bits per heavy atom. The molecule has 2 fully saturated rings. The van der Waals surface area contributed by atoms with Gasteiger partial charge in [-0.1, -0.05) is 29.3 Å². The molecule has 106 valence electrons. The quantitative estimate of drug-likeness (QED) is 0.907. The number of amides is 2. The Morgan fingerprint density at radius 1 is 1.15 bits per heavy atom. The molecule has 1 aromatic rings. The van der Waals surface area contributed by atoms with Crippen molar-refractivity contribution >= 4 is 11.8 Å². The molecular formula is C16H20N2O2. The van der Waals surface area contributed by atoms with Gasteiger partial charge in [0.25, 0.3) is 0 Å². The molecule has 1 N–H and O–H groups in total. The number of carbonyl (C=O) groups excluding carboxylic acids is 2. The number of piperazine rings is 1. The molecule has 1 heterocycles. The molecule has 1 saturated heterocycles. The predicted molar refractivity (Wildman–Crippen MR) is 76.0 cm³/mol. The lowest BCUT2D eigenvalue weighted by Crippen LogP contribution is -2.58. The predicted octanol–water partition coefficient (Wildman–Crippen LogP) is 1.54. The number of hydrogen-bond donors (Lipinski definition) is 1. The molecule has 1 aromatic carbocycles. The summed E-state index contributed by atoms with van der Waals surface area (Å²) in [4.78, 5) is 26.0. The monoisotopic (exact) mass is 272 g/mol. The molecule has 0 spiro atoms. The van der Waals surface area contributed by atoms with Crippen LogP contribution in [0.5, 0.6) is 0 Å². The van der Waals surface area contributed by atoms with Gasteiger partial charge in [0.15, 0.2) is 0 Å². The van der Waals surface area contributed by atoms with Crippen molar-refractivity contribution in [1.82, 2.24) is 10.2 Å². The van der Waals surface area contributed by atoms with Gasteiger partial charge in [-0.2, -0.15) is 0 Å². The maximum absolute atomic E-state index is 12.2. The Balaban J connectivity index is 1.85. The van der Waals surface area contributed by atoms with E-state index in [0.717, 1.165) is 18.4 Å². The van der Waals surface area contributed by atoms with Crippen LogP contribution in [0.1, 0.15) is 29.5 Å². The number of nitrogens with one attached hydrogen (secondary N) is 1. The molecule has 4 heteroatoms. The zero-order chi connectivity index (χ0) is 14.3. The highest BCUT2D eigenvalue weighted by Gasteiger charge is 2.44. The Morgan fingerprint density at radius 2 is 1.80 bits per heavy atom. The van der Waals surface area contributed by atoms with E-state index in [0.29, 0.717) is 12.5 Å². The molecule has 1 aliphatic heterocycles. The summed E-state index contributed by atoms with van der Waals surface area (Å²) in [6.45, 7) is 4.78. The van der Waals surface area contributed by atoms with Crippen LogP contribution in [-0.2, 0) is 16.1 Å². The number of benzene rings is 1. The molecule has 3 rings (SSSR count). The largest absolute Gasteiger partial charge is 0.345 e. The molecule has 1 unspecified atom stereocenters. The molecular weight excluding hydrogens is 252 g/mol. The smallest absolute Gasteiger partial charge is 0.243 e. The minimum atomic E-state index is -0.267. The van der Waals surface area contributed by atoms with Crippen LogP contribution < -0.4 is 5.32 Å². The van der Waals surface area contributed by atoms with Gasteiger partial charge in [-0.05, 0) is 38.2 Å². The zero-order valence-corrected chi connectivity index (χ0v) is 12.0. The summed E-state index contributed by atoms with van der Waals surface area (Å²) in [7, 11) is 0. The van der Waals surface area contributed by atoms with Crippen molar-refractivity contribution in [3.63, 3.8) is 0 Å². The van der Waals surface area contributed by atoms with Crippen LogP contribution in [0.3, 0.4) is 0 Å². The van der Waals surface area contributed by atoms with Gasteiger partial charge in [-0.25, -0.2) is 0 Å². The first-order valence-corrected chi connectivity index (χ1v) is 7.19. The maximum atomic E-state index is 12.2. The fourth-order valence-corrected chi connectivity index (χ4v) is 3.09. The van der Waals surface area contributed by atoms with Gasteiger partial charge in [0.1, 0.15) is 6.04 Å². The van der Waals surface area contributed by atoms with Gasteiger partial charge >= 0.3 is 0 Å². The highest BCUT2D eigenvalue weighted by Crippen LogP contribution is 2.37. The molecule has 0 radical (unpaired) electrons. The van der Waals surface area contributed by atoms with Gasteiger partial charge in [0.2, 0.25) is 11.8 Å². The molecule has 1 saturated carbocycles. The minimum Gasteiger partial charge on any atom is -0.345 e. The van der Waals surface area contributed by atoms with Crippen molar-refractivity contribution in [2.24, 2.45) is 5.92 Å². The second-order valence-electron chi connectivity index (χ2n) is 6.02. The number of hydrogen-bond acceptors (Lipinski definition) is 2. The molecule has 1 aliphatic carbocycles. The van der Waals surface area contributed by atoms with Crippen LogP contribution in [-0.4, -0.2) is 29.3 Å². The first-order valence-electron chi connectivity index (χ1n) is 7.19. The minimum absolute atomic E-state index is 0.0106. The Kier molecular flexibility index (Phi) is 3.24. The van der Waals surface area contributed by atoms with E-state index in [1.807, 2.05) is 0 Å². The first kappa shape index (κ1) is 13.2. The lowest BCUT2D eigenvalue weighted by Gasteiger charge is -2.35. The fraction of sp³-hybridized carbons (Fsp3) is 0.500. The van der Waals surface area contributed by atoms with E-state index < -0.39 is 0 Å². The summed E-state index contributed by atoms with van der Waals surface area (Å²) in [5, 5.41) is 2.71. The summed E-state index contributed by atoms with van der Waals surface area (Å²) >= 11 is 0. The molecule has 2 aliphatic rings. The Labute approximate surface area is 119 Å². The van der Waals surface area contributed by atoms with Crippen molar-refractivity contribution in [2.75, 3.05) is 6.54 Å². The topological polar surface area (TPSA) is 49.4 Å². The lowest BCUT2D eigenvalue weighted by molar-refractivity contribution is -0.147. The maximum Gasteiger partial charge on any atom is 0.243 e. The number of rotatable bonds is 3. The van der Waals surface area contributed by atoms with Crippen molar-refractivity contribution in [1.29, 1.82) is 0 Å². The molecule has 1 atom stereocenters. The standard InChI is InChI=1S/C16H20N2O2/c1-10-5-11(2)7-12(6-10)9-18-14(19)8-17-16(20)15(18)13-3-4-13/h5-7,13,15H,3-4,8-9H2,1-2H3,(H,17,20). The zero-order valence-electron chi connectivity index (χ0n) is 12.0. The van der Waals surface area contributed by atoms with Crippen LogP contribution in [0, 0.1) is 19.8 Å². The Bertz CT molecular complexity index is 543. The highest BCUT2D eigenvalue weighted by atomic mass is 16.2.